The van der Waals surface area contributed by atoms with Gasteiger partial charge in [0.15, 0.2) is 0 Å². The Morgan fingerprint density at radius 2 is 1.83 bits per heavy atom. The summed E-state index contributed by atoms with van der Waals surface area (Å²) < 4.78 is 0. The second kappa shape index (κ2) is 7.55. The minimum absolute atomic E-state index is 0.0940. The molecule has 1 aliphatic heterocycles. The molecule has 1 aromatic rings. The largest absolute Gasteiger partial charge is 0.347 e. The molecule has 1 atom stereocenters. The first-order chi connectivity index (χ1) is 11.7. The average molecular weight is 329 g/mol. The lowest BCUT2D eigenvalue weighted by molar-refractivity contribution is -0.140. The number of pyridine rings is 1. The molecule has 0 spiro atoms. The topological polar surface area (TPSA) is 79.4 Å². The average Bonchev–Trinajstić information content (AvgIpc) is 3.11. The summed E-state index contributed by atoms with van der Waals surface area (Å²) in [5.41, 5.74) is 0.310. The van der Waals surface area contributed by atoms with Crippen LogP contribution in [0.15, 0.2) is 24.4 Å². The fourth-order valence-electron chi connectivity index (χ4n) is 3.57. The van der Waals surface area contributed by atoms with E-state index in [4.69, 9.17) is 0 Å². The van der Waals surface area contributed by atoms with Gasteiger partial charge in [-0.2, -0.15) is 0 Å². The number of carbonyl (C=O) groups excluding carboxylic acids is 3. The van der Waals surface area contributed by atoms with E-state index >= 15 is 0 Å². The van der Waals surface area contributed by atoms with Crippen molar-refractivity contribution in [1.82, 2.24) is 15.2 Å². The van der Waals surface area contributed by atoms with Crippen LogP contribution in [0.25, 0.3) is 0 Å². The molecule has 6 heteroatoms. The van der Waals surface area contributed by atoms with E-state index in [1.807, 2.05) is 0 Å². The molecule has 6 nitrogen and oxygen atoms in total. The lowest BCUT2D eigenvalue weighted by Crippen LogP contribution is -2.49. The standard InChI is InChI=1S/C18H23N3O3/c22-16(17(23)20-13-7-2-1-3-8-13)15-10-6-12-21(15)18(24)14-9-4-5-11-19-14/h4-5,9,11,13,15H,1-3,6-8,10,12H2,(H,20,23). The third kappa shape index (κ3) is 3.63. The number of hydrogen-bond donors (Lipinski definition) is 1. The lowest BCUT2D eigenvalue weighted by Gasteiger charge is -2.25. The molecule has 1 aromatic heterocycles. The number of ketones is 1. The first kappa shape index (κ1) is 16.6. The Balaban J connectivity index is 1.64. The van der Waals surface area contributed by atoms with Crippen LogP contribution < -0.4 is 5.32 Å². The van der Waals surface area contributed by atoms with Crippen LogP contribution in [0.1, 0.15) is 55.4 Å². The molecule has 1 saturated carbocycles. The molecule has 1 N–H and O–H groups in total. The van der Waals surface area contributed by atoms with E-state index in [9.17, 15) is 14.4 Å². The fraction of sp³-hybridized carbons (Fsp3) is 0.556. The molecule has 1 aliphatic carbocycles. The van der Waals surface area contributed by atoms with Gasteiger partial charge in [0.1, 0.15) is 11.7 Å². The maximum Gasteiger partial charge on any atom is 0.289 e. The molecule has 2 fully saturated rings. The molecule has 0 radical (unpaired) electrons. The molecular weight excluding hydrogens is 306 g/mol. The van der Waals surface area contributed by atoms with Gasteiger partial charge in [0.2, 0.25) is 5.78 Å². The molecule has 3 rings (SSSR count). The Hall–Kier alpha value is -2.24. The third-order valence-corrected chi connectivity index (χ3v) is 4.86. The summed E-state index contributed by atoms with van der Waals surface area (Å²) in [7, 11) is 0. The highest BCUT2D eigenvalue weighted by Crippen LogP contribution is 2.21. The summed E-state index contributed by atoms with van der Waals surface area (Å²) in [6.07, 6.45) is 8.05. The number of rotatable bonds is 4. The van der Waals surface area contributed by atoms with E-state index < -0.39 is 17.7 Å². The summed E-state index contributed by atoms with van der Waals surface area (Å²) in [6.45, 7) is 0.489. The predicted octanol–water partition coefficient (Wildman–Crippen LogP) is 1.70. The van der Waals surface area contributed by atoms with Gasteiger partial charge in [-0.25, -0.2) is 0 Å². The summed E-state index contributed by atoms with van der Waals surface area (Å²) in [6, 6.07) is 4.54. The van der Waals surface area contributed by atoms with Crippen LogP contribution in [0.5, 0.6) is 0 Å². The van der Waals surface area contributed by atoms with Crippen LogP contribution in [0.2, 0.25) is 0 Å². The van der Waals surface area contributed by atoms with E-state index in [1.54, 1.807) is 24.4 Å². The Kier molecular flexibility index (Phi) is 5.23. The zero-order valence-corrected chi connectivity index (χ0v) is 13.7. The Bertz CT molecular complexity index is 611. The van der Waals surface area contributed by atoms with E-state index in [1.165, 1.54) is 11.3 Å². The molecule has 0 bridgehead atoms. The Morgan fingerprint density at radius 3 is 2.54 bits per heavy atom. The highest BCUT2D eigenvalue weighted by molar-refractivity contribution is 6.38. The Morgan fingerprint density at radius 1 is 1.04 bits per heavy atom. The number of hydrogen-bond acceptors (Lipinski definition) is 4. The van der Waals surface area contributed by atoms with Crippen molar-refractivity contribution in [2.45, 2.75) is 57.0 Å². The van der Waals surface area contributed by atoms with Crippen molar-refractivity contribution in [1.29, 1.82) is 0 Å². The van der Waals surface area contributed by atoms with Gasteiger partial charge in [-0.3, -0.25) is 19.4 Å². The van der Waals surface area contributed by atoms with Crippen molar-refractivity contribution in [3.05, 3.63) is 30.1 Å². The van der Waals surface area contributed by atoms with Crippen LogP contribution >= 0.6 is 0 Å². The van der Waals surface area contributed by atoms with E-state index in [0.29, 0.717) is 18.7 Å². The minimum atomic E-state index is -0.664. The zero-order valence-electron chi connectivity index (χ0n) is 13.7. The van der Waals surface area contributed by atoms with Gasteiger partial charge >= 0.3 is 0 Å². The number of nitrogens with zero attached hydrogens (tertiary/aromatic N) is 2. The maximum atomic E-state index is 12.6. The number of nitrogens with one attached hydrogen (secondary N) is 1. The van der Waals surface area contributed by atoms with E-state index in [2.05, 4.69) is 10.3 Å². The van der Waals surface area contributed by atoms with Crippen LogP contribution in [0, 0.1) is 0 Å². The molecule has 128 valence electrons. The first-order valence-corrected chi connectivity index (χ1v) is 8.73. The van der Waals surface area contributed by atoms with Crippen molar-refractivity contribution >= 4 is 17.6 Å². The SMILES string of the molecule is O=C(NC1CCCCC1)C(=O)C1CCCN1C(=O)c1ccccn1. The minimum Gasteiger partial charge on any atom is -0.347 e. The zero-order chi connectivity index (χ0) is 16.9. The second-order valence-electron chi connectivity index (χ2n) is 6.54. The molecular formula is C18H23N3O3. The number of aromatic nitrogens is 1. The third-order valence-electron chi connectivity index (χ3n) is 4.86. The van der Waals surface area contributed by atoms with Gasteiger partial charge in [-0.15, -0.1) is 0 Å². The van der Waals surface area contributed by atoms with Gasteiger partial charge in [0.05, 0.1) is 0 Å². The summed E-state index contributed by atoms with van der Waals surface area (Å²) in [5.74, 6) is -1.33. The smallest absolute Gasteiger partial charge is 0.289 e. The first-order valence-electron chi connectivity index (χ1n) is 8.73. The number of amides is 2. The summed E-state index contributed by atoms with van der Waals surface area (Å²) >= 11 is 0. The second-order valence-corrected chi connectivity index (χ2v) is 6.54. The van der Waals surface area contributed by atoms with Crippen LogP contribution in [-0.2, 0) is 9.59 Å². The number of Topliss-reactive ketones (excluding diaryl/α,β-unsaturated/α-hetero) is 1. The molecule has 2 heterocycles. The van der Waals surface area contributed by atoms with Crippen molar-refractivity contribution < 1.29 is 14.4 Å². The summed E-state index contributed by atoms with van der Waals surface area (Å²) in [5, 5.41) is 2.85. The van der Waals surface area contributed by atoms with Crippen molar-refractivity contribution in [2.24, 2.45) is 0 Å². The van der Waals surface area contributed by atoms with Crippen molar-refractivity contribution in [3.63, 3.8) is 0 Å². The maximum absolute atomic E-state index is 12.6. The molecule has 1 saturated heterocycles. The molecule has 2 amide bonds. The molecule has 24 heavy (non-hydrogen) atoms. The predicted molar refractivity (Wildman–Crippen MR) is 88.3 cm³/mol. The van der Waals surface area contributed by atoms with Gasteiger partial charge < -0.3 is 10.2 Å². The fourth-order valence-corrected chi connectivity index (χ4v) is 3.57. The quantitative estimate of drug-likeness (QED) is 0.853. The lowest BCUT2D eigenvalue weighted by atomic mass is 9.95. The monoisotopic (exact) mass is 329 g/mol. The van der Waals surface area contributed by atoms with Crippen molar-refractivity contribution in [3.8, 4) is 0 Å². The van der Waals surface area contributed by atoms with E-state index in [-0.39, 0.29) is 11.9 Å². The van der Waals surface area contributed by atoms with Gasteiger partial charge in [-0.1, -0.05) is 25.3 Å². The van der Waals surface area contributed by atoms with Gasteiger partial charge in [0.25, 0.3) is 11.8 Å². The van der Waals surface area contributed by atoms with Gasteiger partial charge in [0, 0.05) is 18.8 Å². The van der Waals surface area contributed by atoms with Crippen molar-refractivity contribution in [2.75, 3.05) is 6.54 Å². The number of likely N-dealkylation sites (tertiary alicyclic amines) is 1. The van der Waals surface area contributed by atoms with Gasteiger partial charge in [-0.05, 0) is 37.8 Å². The highest BCUT2D eigenvalue weighted by Gasteiger charge is 2.38. The van der Waals surface area contributed by atoms with Crippen LogP contribution in [0.4, 0.5) is 0 Å². The van der Waals surface area contributed by atoms with Crippen LogP contribution in [-0.4, -0.2) is 46.1 Å². The number of carbonyl (C=O) groups is 3. The molecule has 2 aliphatic rings. The summed E-state index contributed by atoms with van der Waals surface area (Å²) in [4.78, 5) is 42.9. The normalized spacial score (nSPS) is 21.5. The molecule has 0 aromatic carbocycles. The van der Waals surface area contributed by atoms with Crippen LogP contribution in [0.3, 0.4) is 0 Å². The van der Waals surface area contributed by atoms with E-state index in [0.717, 1.165) is 32.1 Å². The highest BCUT2D eigenvalue weighted by atomic mass is 16.2. The molecule has 1 unspecified atom stereocenters. The Labute approximate surface area is 141 Å².